The van der Waals surface area contributed by atoms with E-state index in [1.807, 2.05) is 47.0 Å². The van der Waals surface area contributed by atoms with Crippen LogP contribution in [-0.2, 0) is 13.0 Å². The average molecular weight is 391 g/mol. The second kappa shape index (κ2) is 7.61. The normalized spacial score (nSPS) is 10.9. The van der Waals surface area contributed by atoms with E-state index in [-0.39, 0.29) is 5.91 Å². The van der Waals surface area contributed by atoms with Crippen LogP contribution < -0.4 is 11.1 Å². The monoisotopic (exact) mass is 391 g/mol. The molecule has 4 aromatic rings. The Bertz CT molecular complexity index is 1150. The van der Waals surface area contributed by atoms with Crippen molar-refractivity contribution in [1.82, 2.24) is 14.5 Å². The molecule has 28 heavy (non-hydrogen) atoms. The number of carbonyl (C=O) groups is 2. The predicted molar refractivity (Wildman–Crippen MR) is 108 cm³/mol. The third-order valence-electron chi connectivity index (χ3n) is 4.31. The Morgan fingerprint density at radius 1 is 1.14 bits per heavy atom. The summed E-state index contributed by atoms with van der Waals surface area (Å²) in [6, 6.07) is 15.0. The predicted octanol–water partition coefficient (Wildman–Crippen LogP) is 3.09. The number of fused-ring (bicyclic) bond motifs is 1. The third-order valence-corrected chi connectivity index (χ3v) is 5.23. The summed E-state index contributed by atoms with van der Waals surface area (Å²) in [5, 5.41) is 4.43. The molecule has 0 unspecified atom stereocenters. The summed E-state index contributed by atoms with van der Waals surface area (Å²) < 4.78 is 1.96. The lowest BCUT2D eigenvalue weighted by Crippen LogP contribution is -2.16. The van der Waals surface area contributed by atoms with Crippen molar-refractivity contribution < 1.29 is 9.59 Å². The first kappa shape index (κ1) is 17.9. The fourth-order valence-electron chi connectivity index (χ4n) is 2.92. The molecule has 0 saturated heterocycles. The molecule has 0 spiro atoms. The van der Waals surface area contributed by atoms with Crippen molar-refractivity contribution in [2.75, 3.05) is 5.32 Å². The van der Waals surface area contributed by atoms with E-state index in [0.717, 1.165) is 16.7 Å². The number of aromatic nitrogens is 3. The van der Waals surface area contributed by atoms with E-state index in [9.17, 15) is 9.59 Å². The van der Waals surface area contributed by atoms with Crippen molar-refractivity contribution in [2.24, 2.45) is 5.73 Å². The zero-order chi connectivity index (χ0) is 19.5. The zero-order valence-corrected chi connectivity index (χ0v) is 15.6. The van der Waals surface area contributed by atoms with Gasteiger partial charge in [-0.05, 0) is 30.3 Å². The maximum Gasteiger partial charge on any atom is 0.268 e. The Balaban J connectivity index is 1.62. The fourth-order valence-corrected chi connectivity index (χ4v) is 3.71. The van der Waals surface area contributed by atoms with Gasteiger partial charge in [0.05, 0.1) is 21.5 Å². The summed E-state index contributed by atoms with van der Waals surface area (Å²) >= 11 is 1.17. The van der Waals surface area contributed by atoms with Gasteiger partial charge in [0.15, 0.2) is 0 Å². The van der Waals surface area contributed by atoms with Crippen LogP contribution in [0, 0.1) is 0 Å². The Morgan fingerprint density at radius 2 is 1.96 bits per heavy atom. The first-order valence-electron chi connectivity index (χ1n) is 8.66. The van der Waals surface area contributed by atoms with Gasteiger partial charge in [-0.2, -0.15) is 0 Å². The van der Waals surface area contributed by atoms with Crippen molar-refractivity contribution in [2.45, 2.75) is 13.0 Å². The maximum atomic E-state index is 12.6. The number of primary amides is 1. The molecule has 8 heteroatoms. The minimum Gasteiger partial charge on any atom is -0.366 e. The van der Waals surface area contributed by atoms with Gasteiger partial charge in [-0.15, -0.1) is 11.3 Å². The van der Waals surface area contributed by atoms with E-state index in [1.165, 1.54) is 17.4 Å². The van der Waals surface area contributed by atoms with Crippen LogP contribution in [0.5, 0.6) is 0 Å². The first-order valence-corrected chi connectivity index (χ1v) is 9.54. The standard InChI is InChI=1S/C20H17N5O2S/c21-18(26)13-11-17(28-12-13)19(27)24-20-23-15-6-1-2-7-16(15)25(20)10-8-14-5-3-4-9-22-14/h1-7,9,11-12H,8,10H2,(H2,21,26)(H,23,24,27). The summed E-state index contributed by atoms with van der Waals surface area (Å²) in [6.45, 7) is 0.615. The molecule has 0 radical (unpaired) electrons. The second-order valence-electron chi connectivity index (χ2n) is 6.16. The molecule has 3 heterocycles. The molecule has 0 atom stereocenters. The molecule has 0 aliphatic carbocycles. The average Bonchev–Trinajstić information content (AvgIpc) is 3.32. The molecule has 1 aromatic carbocycles. The molecular formula is C20H17N5O2S. The van der Waals surface area contributed by atoms with E-state index in [2.05, 4.69) is 15.3 Å². The summed E-state index contributed by atoms with van der Waals surface area (Å²) in [7, 11) is 0. The number of anilines is 1. The van der Waals surface area contributed by atoms with Crippen LogP contribution in [-0.4, -0.2) is 26.3 Å². The van der Waals surface area contributed by atoms with Gasteiger partial charge >= 0.3 is 0 Å². The highest BCUT2D eigenvalue weighted by Crippen LogP contribution is 2.22. The number of nitrogens with zero attached hydrogens (tertiary/aromatic N) is 3. The SMILES string of the molecule is NC(=O)c1csc(C(=O)Nc2nc3ccccc3n2CCc2ccccn2)c1. The van der Waals surface area contributed by atoms with Crippen molar-refractivity contribution in [3.63, 3.8) is 0 Å². The number of carbonyl (C=O) groups excluding carboxylic acids is 2. The van der Waals surface area contributed by atoms with Crippen LogP contribution >= 0.6 is 11.3 Å². The molecule has 0 aliphatic rings. The molecule has 0 fully saturated rings. The van der Waals surface area contributed by atoms with Crippen molar-refractivity contribution in [3.05, 3.63) is 76.2 Å². The Hall–Kier alpha value is -3.52. The maximum absolute atomic E-state index is 12.6. The van der Waals surface area contributed by atoms with Crippen LogP contribution in [0.3, 0.4) is 0 Å². The van der Waals surface area contributed by atoms with Crippen LogP contribution in [0.2, 0.25) is 0 Å². The molecule has 0 bridgehead atoms. The number of nitrogens with one attached hydrogen (secondary N) is 1. The third kappa shape index (κ3) is 3.63. The number of aryl methyl sites for hydroxylation is 2. The van der Waals surface area contributed by atoms with E-state index in [0.29, 0.717) is 29.4 Å². The molecule has 7 nitrogen and oxygen atoms in total. The Labute approximate surface area is 164 Å². The number of nitrogens with two attached hydrogens (primary N) is 1. The molecule has 0 saturated carbocycles. The molecule has 140 valence electrons. The van der Waals surface area contributed by atoms with E-state index in [4.69, 9.17) is 5.73 Å². The van der Waals surface area contributed by atoms with Crippen LogP contribution in [0.25, 0.3) is 11.0 Å². The number of imidazole rings is 1. The van der Waals surface area contributed by atoms with Crippen LogP contribution in [0.15, 0.2) is 60.1 Å². The van der Waals surface area contributed by atoms with Gasteiger partial charge in [0.25, 0.3) is 5.91 Å². The van der Waals surface area contributed by atoms with E-state index in [1.54, 1.807) is 11.6 Å². The summed E-state index contributed by atoms with van der Waals surface area (Å²) in [5.41, 5.74) is 8.26. The number of para-hydroxylation sites is 2. The molecule has 4 rings (SSSR count). The van der Waals surface area contributed by atoms with Crippen molar-refractivity contribution in [3.8, 4) is 0 Å². The van der Waals surface area contributed by atoms with Gasteiger partial charge in [0.1, 0.15) is 0 Å². The van der Waals surface area contributed by atoms with Gasteiger partial charge in [-0.1, -0.05) is 18.2 Å². The minimum absolute atomic E-state index is 0.318. The Kier molecular flexibility index (Phi) is 4.86. The molecule has 0 aliphatic heterocycles. The summed E-state index contributed by atoms with van der Waals surface area (Å²) in [5.74, 6) is -0.430. The van der Waals surface area contributed by atoms with Gasteiger partial charge in [-0.3, -0.25) is 19.9 Å². The molecular weight excluding hydrogens is 374 g/mol. The first-order chi connectivity index (χ1) is 13.6. The number of hydrogen-bond donors (Lipinski definition) is 2. The highest BCUT2D eigenvalue weighted by atomic mass is 32.1. The molecule has 2 amide bonds. The number of amides is 2. The van der Waals surface area contributed by atoms with E-state index >= 15 is 0 Å². The Morgan fingerprint density at radius 3 is 2.71 bits per heavy atom. The highest BCUT2D eigenvalue weighted by molar-refractivity contribution is 7.12. The number of hydrogen-bond acceptors (Lipinski definition) is 5. The lowest BCUT2D eigenvalue weighted by molar-refractivity contribution is 0.100. The highest BCUT2D eigenvalue weighted by Gasteiger charge is 2.17. The molecule has 3 N–H and O–H groups in total. The van der Waals surface area contributed by atoms with Gasteiger partial charge in [-0.25, -0.2) is 4.98 Å². The van der Waals surface area contributed by atoms with Gasteiger partial charge in [0.2, 0.25) is 11.9 Å². The number of rotatable bonds is 6. The number of pyridine rings is 1. The molecule has 3 aromatic heterocycles. The zero-order valence-electron chi connectivity index (χ0n) is 14.8. The van der Waals surface area contributed by atoms with Crippen LogP contribution in [0.1, 0.15) is 25.7 Å². The van der Waals surface area contributed by atoms with Crippen molar-refractivity contribution >= 4 is 40.1 Å². The fraction of sp³-hybridized carbons (Fsp3) is 0.100. The quantitative estimate of drug-likeness (QED) is 0.527. The van der Waals surface area contributed by atoms with E-state index < -0.39 is 5.91 Å². The topological polar surface area (TPSA) is 103 Å². The minimum atomic E-state index is -0.558. The number of thiophene rings is 1. The summed E-state index contributed by atoms with van der Waals surface area (Å²) in [4.78, 5) is 33.2. The summed E-state index contributed by atoms with van der Waals surface area (Å²) in [6.07, 6.45) is 2.46. The smallest absolute Gasteiger partial charge is 0.268 e. The number of benzene rings is 1. The van der Waals surface area contributed by atoms with Crippen LogP contribution in [0.4, 0.5) is 5.95 Å². The van der Waals surface area contributed by atoms with Gasteiger partial charge in [0, 0.05) is 30.2 Å². The largest absolute Gasteiger partial charge is 0.366 e. The van der Waals surface area contributed by atoms with Gasteiger partial charge < -0.3 is 10.3 Å². The lowest BCUT2D eigenvalue weighted by atomic mass is 10.2. The van der Waals surface area contributed by atoms with Crippen molar-refractivity contribution in [1.29, 1.82) is 0 Å². The second-order valence-corrected chi connectivity index (χ2v) is 7.08. The lowest BCUT2D eigenvalue weighted by Gasteiger charge is -2.09.